The van der Waals surface area contributed by atoms with Crippen LogP contribution in [0.15, 0.2) is 6.33 Å². The molecule has 0 atom stereocenters. The number of aromatic nitrogens is 2. The summed E-state index contributed by atoms with van der Waals surface area (Å²) in [4.78, 5) is 30.5. The van der Waals surface area contributed by atoms with Crippen molar-refractivity contribution < 1.29 is 9.59 Å². The molecule has 0 bridgehead atoms. The summed E-state index contributed by atoms with van der Waals surface area (Å²) in [5.74, 6) is 0.130. The molecule has 0 fully saturated rings. The zero-order valence-corrected chi connectivity index (χ0v) is 7.10. The standard InChI is InChI=1S/C7H7N5O2/c8-6-5-7(10-2-9-6)11-4(14)1-12(5)3-13/h2-3H,1H2,(H3,8,9,10,11,14). The number of nitrogens with one attached hydrogen (secondary N) is 1. The van der Waals surface area contributed by atoms with E-state index in [9.17, 15) is 9.59 Å². The number of nitrogens with two attached hydrogens (primary N) is 1. The zero-order valence-electron chi connectivity index (χ0n) is 7.10. The molecule has 2 amide bonds. The molecule has 0 saturated carbocycles. The smallest absolute Gasteiger partial charge is 0.245 e. The van der Waals surface area contributed by atoms with E-state index < -0.39 is 0 Å². The molecule has 2 rings (SSSR count). The van der Waals surface area contributed by atoms with Gasteiger partial charge in [-0.15, -0.1) is 0 Å². The summed E-state index contributed by atoms with van der Waals surface area (Å²) in [6, 6.07) is 0. The predicted molar refractivity (Wildman–Crippen MR) is 48.5 cm³/mol. The molecule has 0 saturated heterocycles. The fourth-order valence-corrected chi connectivity index (χ4v) is 1.26. The van der Waals surface area contributed by atoms with Crippen molar-refractivity contribution in [3.05, 3.63) is 6.33 Å². The fourth-order valence-electron chi connectivity index (χ4n) is 1.26. The van der Waals surface area contributed by atoms with Gasteiger partial charge >= 0.3 is 0 Å². The van der Waals surface area contributed by atoms with E-state index in [2.05, 4.69) is 15.3 Å². The zero-order chi connectivity index (χ0) is 10.1. The number of anilines is 3. The fraction of sp³-hybridized carbons (Fsp3) is 0.143. The van der Waals surface area contributed by atoms with Crippen LogP contribution in [-0.2, 0) is 9.59 Å². The minimum absolute atomic E-state index is 0.0614. The third kappa shape index (κ3) is 1.15. The molecule has 1 aliphatic heterocycles. The molecule has 0 aliphatic carbocycles. The molecule has 1 aromatic rings. The van der Waals surface area contributed by atoms with Crippen LogP contribution in [0.25, 0.3) is 0 Å². The van der Waals surface area contributed by atoms with Gasteiger partial charge in [-0.25, -0.2) is 9.97 Å². The first-order valence-corrected chi connectivity index (χ1v) is 3.84. The van der Waals surface area contributed by atoms with Gasteiger partial charge in [0.05, 0.1) is 0 Å². The van der Waals surface area contributed by atoms with Crippen molar-refractivity contribution in [2.24, 2.45) is 0 Å². The first kappa shape index (κ1) is 8.42. The number of amides is 2. The molecule has 1 aliphatic rings. The van der Waals surface area contributed by atoms with Gasteiger partial charge in [0.1, 0.15) is 18.6 Å². The van der Waals surface area contributed by atoms with Crippen molar-refractivity contribution >= 4 is 29.6 Å². The Hall–Kier alpha value is -2.18. The molecule has 7 heteroatoms. The van der Waals surface area contributed by atoms with Crippen LogP contribution in [0.4, 0.5) is 17.3 Å². The highest BCUT2D eigenvalue weighted by atomic mass is 16.2. The molecule has 0 spiro atoms. The minimum Gasteiger partial charge on any atom is -0.382 e. The molecule has 0 radical (unpaired) electrons. The van der Waals surface area contributed by atoms with Crippen LogP contribution in [-0.4, -0.2) is 28.8 Å². The summed E-state index contributed by atoms with van der Waals surface area (Å²) in [5.41, 5.74) is 5.90. The monoisotopic (exact) mass is 193 g/mol. The first-order valence-electron chi connectivity index (χ1n) is 3.84. The van der Waals surface area contributed by atoms with Crippen molar-refractivity contribution in [2.75, 3.05) is 22.5 Å². The molecule has 3 N–H and O–H groups in total. The van der Waals surface area contributed by atoms with Gasteiger partial charge < -0.3 is 11.1 Å². The molecule has 0 unspecified atom stereocenters. The van der Waals surface area contributed by atoms with Crippen LogP contribution in [0.2, 0.25) is 0 Å². The second-order valence-corrected chi connectivity index (χ2v) is 2.74. The van der Waals surface area contributed by atoms with Crippen LogP contribution in [0, 0.1) is 0 Å². The maximum absolute atomic E-state index is 11.1. The largest absolute Gasteiger partial charge is 0.382 e. The summed E-state index contributed by atoms with van der Waals surface area (Å²) in [5, 5.41) is 2.49. The Labute approximate surface area is 78.9 Å². The van der Waals surface area contributed by atoms with E-state index >= 15 is 0 Å². The summed E-state index contributed by atoms with van der Waals surface area (Å²) < 4.78 is 0. The van der Waals surface area contributed by atoms with Crippen LogP contribution in [0.1, 0.15) is 0 Å². The average Bonchev–Trinajstić information content (AvgIpc) is 2.16. The molecule has 7 nitrogen and oxygen atoms in total. The number of carbonyl (C=O) groups excluding carboxylic acids is 2. The van der Waals surface area contributed by atoms with Crippen molar-refractivity contribution in [3.63, 3.8) is 0 Å². The van der Waals surface area contributed by atoms with Gasteiger partial charge in [0, 0.05) is 0 Å². The lowest BCUT2D eigenvalue weighted by Crippen LogP contribution is -2.38. The van der Waals surface area contributed by atoms with E-state index in [4.69, 9.17) is 5.73 Å². The van der Waals surface area contributed by atoms with Crippen molar-refractivity contribution in [1.82, 2.24) is 9.97 Å². The number of rotatable bonds is 1. The summed E-state index contributed by atoms with van der Waals surface area (Å²) >= 11 is 0. The summed E-state index contributed by atoms with van der Waals surface area (Å²) in [7, 11) is 0. The lowest BCUT2D eigenvalue weighted by molar-refractivity contribution is -0.117. The van der Waals surface area contributed by atoms with Crippen molar-refractivity contribution in [2.45, 2.75) is 0 Å². The Morgan fingerprint density at radius 2 is 2.36 bits per heavy atom. The molecular weight excluding hydrogens is 186 g/mol. The maximum atomic E-state index is 11.1. The Morgan fingerprint density at radius 3 is 3.07 bits per heavy atom. The maximum Gasteiger partial charge on any atom is 0.245 e. The number of hydrogen-bond donors (Lipinski definition) is 2. The van der Waals surface area contributed by atoms with Gasteiger partial charge in [-0.2, -0.15) is 0 Å². The Kier molecular flexibility index (Phi) is 1.77. The van der Waals surface area contributed by atoms with E-state index in [-0.39, 0.29) is 24.1 Å². The normalized spacial score (nSPS) is 14.6. The van der Waals surface area contributed by atoms with E-state index in [1.54, 1.807) is 0 Å². The van der Waals surface area contributed by atoms with Crippen LogP contribution in [0.5, 0.6) is 0 Å². The summed E-state index contributed by atoms with van der Waals surface area (Å²) in [6.45, 7) is -0.0614. The molecule has 2 heterocycles. The van der Waals surface area contributed by atoms with Gasteiger partial charge in [-0.3, -0.25) is 14.5 Å². The van der Waals surface area contributed by atoms with Crippen LogP contribution >= 0.6 is 0 Å². The highest BCUT2D eigenvalue weighted by Crippen LogP contribution is 2.29. The molecule has 0 aromatic carbocycles. The number of hydrogen-bond acceptors (Lipinski definition) is 5. The molecule has 14 heavy (non-hydrogen) atoms. The summed E-state index contributed by atoms with van der Waals surface area (Å²) in [6.07, 6.45) is 1.75. The topological polar surface area (TPSA) is 101 Å². The second-order valence-electron chi connectivity index (χ2n) is 2.74. The molecular formula is C7H7N5O2. The number of fused-ring (bicyclic) bond motifs is 1. The van der Waals surface area contributed by atoms with Gasteiger partial charge in [0.2, 0.25) is 12.3 Å². The van der Waals surface area contributed by atoms with E-state index in [0.717, 1.165) is 0 Å². The lowest BCUT2D eigenvalue weighted by atomic mass is 10.3. The first-order chi connectivity index (χ1) is 6.72. The lowest BCUT2D eigenvalue weighted by Gasteiger charge is -2.24. The van der Waals surface area contributed by atoms with Crippen molar-refractivity contribution in [3.8, 4) is 0 Å². The van der Waals surface area contributed by atoms with Gasteiger partial charge in [-0.1, -0.05) is 0 Å². The quantitative estimate of drug-likeness (QED) is 0.555. The highest BCUT2D eigenvalue weighted by molar-refractivity contribution is 6.06. The van der Waals surface area contributed by atoms with Crippen LogP contribution < -0.4 is 16.0 Å². The minimum atomic E-state index is -0.303. The van der Waals surface area contributed by atoms with E-state index in [0.29, 0.717) is 12.1 Å². The third-order valence-electron chi connectivity index (χ3n) is 1.84. The van der Waals surface area contributed by atoms with Gasteiger partial charge in [-0.05, 0) is 0 Å². The Bertz CT molecular complexity index is 405. The van der Waals surface area contributed by atoms with E-state index in [1.165, 1.54) is 11.2 Å². The van der Waals surface area contributed by atoms with Gasteiger partial charge in [0.15, 0.2) is 11.6 Å². The van der Waals surface area contributed by atoms with Gasteiger partial charge in [0.25, 0.3) is 0 Å². The second kappa shape index (κ2) is 2.95. The number of carbonyl (C=O) groups is 2. The SMILES string of the molecule is Nc1ncnc2c1N(C=O)CC(=O)N2. The number of nitrogens with zero attached hydrogens (tertiary/aromatic N) is 3. The predicted octanol–water partition coefficient (Wildman–Crippen LogP) is -1.03. The average molecular weight is 193 g/mol. The Balaban J connectivity index is 2.56. The van der Waals surface area contributed by atoms with E-state index in [1.807, 2.05) is 0 Å². The molecule has 1 aromatic heterocycles. The highest BCUT2D eigenvalue weighted by Gasteiger charge is 2.25. The van der Waals surface area contributed by atoms with Crippen molar-refractivity contribution in [1.29, 1.82) is 0 Å². The molecule has 72 valence electrons. The third-order valence-corrected chi connectivity index (χ3v) is 1.84. The Morgan fingerprint density at radius 1 is 1.57 bits per heavy atom. The number of nitrogen functional groups attached to an aromatic ring is 1. The van der Waals surface area contributed by atoms with Crippen LogP contribution in [0.3, 0.4) is 0 Å².